The minimum atomic E-state index is 0.0190. The van der Waals surface area contributed by atoms with Crippen molar-refractivity contribution in [1.82, 2.24) is 10.6 Å². The van der Waals surface area contributed by atoms with Gasteiger partial charge in [0.25, 0.3) is 0 Å². The van der Waals surface area contributed by atoms with Crippen LogP contribution < -0.4 is 15.5 Å². The van der Waals surface area contributed by atoms with Gasteiger partial charge in [0.1, 0.15) is 0 Å². The predicted molar refractivity (Wildman–Crippen MR) is 83.5 cm³/mol. The van der Waals surface area contributed by atoms with Crippen LogP contribution in [0.5, 0.6) is 0 Å². The number of hydrogen-bond donors (Lipinski definition) is 2. The molecule has 106 valence electrons. The van der Waals surface area contributed by atoms with Crippen LogP contribution in [0.3, 0.4) is 0 Å². The van der Waals surface area contributed by atoms with E-state index in [1.807, 2.05) is 11.8 Å². The first-order chi connectivity index (χ1) is 9.12. The van der Waals surface area contributed by atoms with Crippen LogP contribution in [0.4, 0.5) is 5.69 Å². The zero-order valence-corrected chi connectivity index (χ0v) is 13.4. The molecule has 1 amide bonds. The lowest BCUT2D eigenvalue weighted by molar-refractivity contribution is -0.119. The van der Waals surface area contributed by atoms with Gasteiger partial charge in [-0.25, -0.2) is 0 Å². The Morgan fingerprint density at radius 3 is 2.63 bits per heavy atom. The second-order valence-electron chi connectivity index (χ2n) is 4.25. The molecule has 1 rings (SSSR count). The Labute approximate surface area is 123 Å². The Kier molecular flexibility index (Phi) is 6.87. The van der Waals surface area contributed by atoms with Gasteiger partial charge in [-0.15, -0.1) is 0 Å². The number of carbonyl (C=O) groups is 1. The fourth-order valence-electron chi connectivity index (χ4n) is 1.81. The summed E-state index contributed by atoms with van der Waals surface area (Å²) >= 11 is 3.59. The van der Waals surface area contributed by atoms with E-state index >= 15 is 0 Å². The number of rotatable bonds is 7. The second kappa shape index (κ2) is 8.17. The van der Waals surface area contributed by atoms with E-state index in [0.29, 0.717) is 6.54 Å². The lowest BCUT2D eigenvalue weighted by atomic mass is 10.2. The van der Waals surface area contributed by atoms with Gasteiger partial charge in [0.2, 0.25) is 5.91 Å². The molecule has 0 unspecified atom stereocenters. The number of carbonyl (C=O) groups excluding carboxylic acids is 1. The van der Waals surface area contributed by atoms with Crippen LogP contribution in [0.2, 0.25) is 0 Å². The maximum atomic E-state index is 11.5. The summed E-state index contributed by atoms with van der Waals surface area (Å²) in [6, 6.07) is 6.25. The van der Waals surface area contributed by atoms with Gasteiger partial charge in [-0.2, -0.15) is 0 Å². The summed E-state index contributed by atoms with van der Waals surface area (Å²) in [6.45, 7) is 7.11. The molecule has 1 aromatic carbocycles. The molecule has 5 heteroatoms. The summed E-state index contributed by atoms with van der Waals surface area (Å²) < 4.78 is 1.02. The van der Waals surface area contributed by atoms with E-state index in [4.69, 9.17) is 0 Å². The van der Waals surface area contributed by atoms with Crippen LogP contribution in [-0.4, -0.2) is 32.6 Å². The maximum Gasteiger partial charge on any atom is 0.239 e. The molecule has 0 fully saturated rings. The number of benzene rings is 1. The minimum Gasteiger partial charge on any atom is -0.362 e. The van der Waals surface area contributed by atoms with Crippen molar-refractivity contribution in [2.24, 2.45) is 0 Å². The summed E-state index contributed by atoms with van der Waals surface area (Å²) in [5, 5.41) is 5.95. The highest BCUT2D eigenvalue weighted by molar-refractivity contribution is 9.10. The van der Waals surface area contributed by atoms with E-state index in [1.165, 1.54) is 5.56 Å². The van der Waals surface area contributed by atoms with Crippen LogP contribution in [-0.2, 0) is 11.3 Å². The Morgan fingerprint density at radius 2 is 2.11 bits per heavy atom. The van der Waals surface area contributed by atoms with Crippen molar-refractivity contribution < 1.29 is 4.79 Å². The summed E-state index contributed by atoms with van der Waals surface area (Å²) in [6.07, 6.45) is 0. The number of amides is 1. The second-order valence-corrected chi connectivity index (χ2v) is 5.11. The normalized spacial score (nSPS) is 10.3. The van der Waals surface area contributed by atoms with Crippen LogP contribution in [0.25, 0.3) is 0 Å². The average molecular weight is 328 g/mol. The van der Waals surface area contributed by atoms with E-state index < -0.39 is 0 Å². The molecule has 0 atom stereocenters. The number of hydrogen-bond acceptors (Lipinski definition) is 3. The van der Waals surface area contributed by atoms with Crippen LogP contribution >= 0.6 is 15.9 Å². The van der Waals surface area contributed by atoms with Gasteiger partial charge < -0.3 is 15.5 Å². The summed E-state index contributed by atoms with van der Waals surface area (Å²) in [7, 11) is 1.66. The summed E-state index contributed by atoms with van der Waals surface area (Å²) in [5.41, 5.74) is 2.28. The number of halogens is 1. The molecule has 0 saturated heterocycles. The van der Waals surface area contributed by atoms with E-state index in [9.17, 15) is 4.79 Å². The highest BCUT2D eigenvalue weighted by Gasteiger charge is 2.12. The SMILES string of the molecule is CCNCc1ccc(N(CC)CC(=O)NC)c(Br)c1. The monoisotopic (exact) mass is 327 g/mol. The molecule has 0 aliphatic heterocycles. The third-order valence-electron chi connectivity index (χ3n) is 2.93. The zero-order valence-electron chi connectivity index (χ0n) is 11.8. The third-order valence-corrected chi connectivity index (χ3v) is 3.56. The molecule has 4 nitrogen and oxygen atoms in total. The van der Waals surface area contributed by atoms with Gasteiger partial charge in [0, 0.05) is 24.6 Å². The van der Waals surface area contributed by atoms with Gasteiger partial charge in [-0.3, -0.25) is 4.79 Å². The van der Waals surface area contributed by atoms with Gasteiger partial charge in [0.05, 0.1) is 12.2 Å². The average Bonchev–Trinajstić information content (AvgIpc) is 2.42. The molecular formula is C14H22BrN3O. The molecule has 2 N–H and O–H groups in total. The Hall–Kier alpha value is -1.07. The number of likely N-dealkylation sites (N-methyl/N-ethyl adjacent to an activating group) is 2. The minimum absolute atomic E-state index is 0.0190. The molecular weight excluding hydrogens is 306 g/mol. The molecule has 1 aromatic rings. The first kappa shape index (κ1) is 16.0. The molecule has 19 heavy (non-hydrogen) atoms. The first-order valence-corrected chi connectivity index (χ1v) is 7.36. The van der Waals surface area contributed by atoms with Crippen molar-refractivity contribution >= 4 is 27.5 Å². The van der Waals surface area contributed by atoms with Crippen molar-refractivity contribution in [2.45, 2.75) is 20.4 Å². The van der Waals surface area contributed by atoms with Crippen LogP contribution in [0.15, 0.2) is 22.7 Å². The highest BCUT2D eigenvalue weighted by Crippen LogP contribution is 2.27. The van der Waals surface area contributed by atoms with Crippen molar-refractivity contribution in [3.8, 4) is 0 Å². The fourth-order valence-corrected chi connectivity index (χ4v) is 2.48. The topological polar surface area (TPSA) is 44.4 Å². The van der Waals surface area contributed by atoms with Crippen molar-refractivity contribution in [3.05, 3.63) is 28.2 Å². The van der Waals surface area contributed by atoms with Crippen molar-refractivity contribution in [1.29, 1.82) is 0 Å². The number of nitrogens with one attached hydrogen (secondary N) is 2. The molecule has 0 saturated carbocycles. The predicted octanol–water partition coefficient (Wildman–Crippen LogP) is 2.13. The third kappa shape index (κ3) is 4.84. The highest BCUT2D eigenvalue weighted by atomic mass is 79.9. The molecule has 0 radical (unpaired) electrons. The van der Waals surface area contributed by atoms with Crippen molar-refractivity contribution in [2.75, 3.05) is 31.6 Å². The number of anilines is 1. The lowest BCUT2D eigenvalue weighted by Crippen LogP contribution is -2.35. The molecule has 0 spiro atoms. The van der Waals surface area contributed by atoms with E-state index in [1.54, 1.807) is 7.05 Å². The molecule has 0 aromatic heterocycles. The van der Waals surface area contributed by atoms with Crippen LogP contribution in [0, 0.1) is 0 Å². The van der Waals surface area contributed by atoms with Crippen LogP contribution in [0.1, 0.15) is 19.4 Å². The summed E-state index contributed by atoms with van der Waals surface area (Å²) in [4.78, 5) is 13.5. The molecule has 0 aliphatic rings. The smallest absolute Gasteiger partial charge is 0.239 e. The quantitative estimate of drug-likeness (QED) is 0.806. The van der Waals surface area contributed by atoms with E-state index in [0.717, 1.165) is 29.8 Å². The fraction of sp³-hybridized carbons (Fsp3) is 0.500. The van der Waals surface area contributed by atoms with E-state index in [2.05, 4.69) is 51.7 Å². The summed E-state index contributed by atoms with van der Waals surface area (Å²) in [5.74, 6) is 0.0190. The van der Waals surface area contributed by atoms with Gasteiger partial charge in [-0.05, 0) is 47.1 Å². The molecule has 0 heterocycles. The first-order valence-electron chi connectivity index (χ1n) is 6.57. The van der Waals surface area contributed by atoms with Gasteiger partial charge in [-0.1, -0.05) is 13.0 Å². The maximum absolute atomic E-state index is 11.5. The Morgan fingerprint density at radius 1 is 1.37 bits per heavy atom. The number of nitrogens with zero attached hydrogens (tertiary/aromatic N) is 1. The molecule has 0 aliphatic carbocycles. The Bertz CT molecular complexity index is 423. The van der Waals surface area contributed by atoms with Gasteiger partial charge >= 0.3 is 0 Å². The largest absolute Gasteiger partial charge is 0.362 e. The van der Waals surface area contributed by atoms with E-state index in [-0.39, 0.29) is 5.91 Å². The molecule has 0 bridgehead atoms. The van der Waals surface area contributed by atoms with Crippen molar-refractivity contribution in [3.63, 3.8) is 0 Å². The Balaban J connectivity index is 2.83. The lowest BCUT2D eigenvalue weighted by Gasteiger charge is -2.23. The standard InChI is InChI=1S/C14H22BrN3O/c1-4-17-9-11-6-7-13(12(15)8-11)18(5-2)10-14(19)16-3/h6-8,17H,4-5,9-10H2,1-3H3,(H,16,19). The zero-order chi connectivity index (χ0) is 14.3. The van der Waals surface area contributed by atoms with Gasteiger partial charge in [0.15, 0.2) is 0 Å².